The van der Waals surface area contributed by atoms with E-state index in [-0.39, 0.29) is 26.2 Å². The summed E-state index contributed by atoms with van der Waals surface area (Å²) in [5.74, 6) is 1.52. The molecule has 0 saturated carbocycles. The van der Waals surface area contributed by atoms with Crippen molar-refractivity contribution < 1.29 is 35.7 Å². The van der Waals surface area contributed by atoms with Gasteiger partial charge in [0.05, 0.1) is 14.2 Å². The van der Waals surface area contributed by atoms with Gasteiger partial charge in [-0.2, -0.15) is 0 Å². The van der Waals surface area contributed by atoms with Crippen LogP contribution in [0.15, 0.2) is 60.0 Å². The summed E-state index contributed by atoms with van der Waals surface area (Å²) in [6.07, 6.45) is 5.28. The van der Waals surface area contributed by atoms with Crippen molar-refractivity contribution in [2.45, 2.75) is 22.6 Å². The Balaban J connectivity index is 0.00000210. The summed E-state index contributed by atoms with van der Waals surface area (Å²) in [6, 6.07) is 16.2. The fraction of sp³-hybridized carbons (Fsp3) is 0.273. The molecule has 4 rings (SSSR count). The van der Waals surface area contributed by atoms with Crippen LogP contribution >= 0.6 is 23.2 Å². The minimum Gasteiger partial charge on any atom is -0.499 e. The van der Waals surface area contributed by atoms with Gasteiger partial charge in [-0.1, -0.05) is 48.5 Å². The number of alkyl halides is 2. The van der Waals surface area contributed by atoms with E-state index in [4.69, 9.17) is 32.7 Å². The third-order valence-electron chi connectivity index (χ3n) is 5.38. The molecule has 0 bridgehead atoms. The summed E-state index contributed by atoms with van der Waals surface area (Å²) in [6.45, 7) is 0. The molecule has 0 spiro atoms. The Morgan fingerprint density at radius 2 is 1.07 bits per heavy atom. The number of benzene rings is 2. The molecule has 0 amide bonds. The van der Waals surface area contributed by atoms with Gasteiger partial charge >= 0.3 is 0 Å². The first kappa shape index (κ1) is 20.7. The Hall–Kier alpha value is -1.02. The van der Waals surface area contributed by atoms with Crippen LogP contribution in [-0.2, 0) is 45.4 Å². The number of ether oxygens (including phenoxy) is 2. The van der Waals surface area contributed by atoms with Gasteiger partial charge in [-0.25, -0.2) is 0 Å². The monoisotopic (exact) mass is 476 g/mol. The molecule has 138 valence electrons. The molecule has 0 radical (unpaired) electrons. The van der Waals surface area contributed by atoms with Crippen LogP contribution in [-0.4, -0.2) is 14.2 Å². The Labute approximate surface area is 189 Å². The van der Waals surface area contributed by atoms with Crippen molar-refractivity contribution >= 4 is 35.4 Å². The van der Waals surface area contributed by atoms with Crippen LogP contribution in [0.5, 0.6) is 0 Å². The maximum Gasteiger partial charge on any atom is 0.127 e. The minimum atomic E-state index is -0.719. The quantitative estimate of drug-likeness (QED) is 0.489. The molecule has 2 nitrogen and oxygen atoms in total. The zero-order valence-corrected chi connectivity index (χ0v) is 19.2. The summed E-state index contributed by atoms with van der Waals surface area (Å²) < 4.78 is 11.2. The molecule has 0 aliphatic heterocycles. The van der Waals surface area contributed by atoms with Crippen molar-refractivity contribution in [1.29, 1.82) is 0 Å². The van der Waals surface area contributed by atoms with E-state index in [9.17, 15) is 0 Å². The largest absolute Gasteiger partial charge is 0.499 e. The van der Waals surface area contributed by atoms with Gasteiger partial charge in [0.2, 0.25) is 0 Å². The van der Waals surface area contributed by atoms with Crippen LogP contribution in [0, 0.1) is 0 Å². The van der Waals surface area contributed by atoms with E-state index in [1.165, 1.54) is 0 Å². The first-order valence-electron chi connectivity index (χ1n) is 8.62. The van der Waals surface area contributed by atoms with Gasteiger partial charge in [0.1, 0.15) is 21.3 Å². The number of methoxy groups -OCH3 is 2. The summed E-state index contributed by atoms with van der Waals surface area (Å²) in [7, 11) is 3.33. The topological polar surface area (TPSA) is 18.5 Å². The fourth-order valence-corrected chi connectivity index (χ4v) is 4.84. The van der Waals surface area contributed by atoms with Crippen LogP contribution in [0.1, 0.15) is 35.1 Å². The first-order valence-corrected chi connectivity index (χ1v) is 9.38. The van der Waals surface area contributed by atoms with E-state index in [1.807, 2.05) is 36.4 Å². The molecule has 0 saturated heterocycles. The molecule has 0 heterocycles. The smallest absolute Gasteiger partial charge is 0.127 e. The van der Waals surface area contributed by atoms with E-state index >= 15 is 0 Å². The molecule has 27 heavy (non-hydrogen) atoms. The first-order chi connectivity index (χ1) is 12.5. The van der Waals surface area contributed by atoms with E-state index < -0.39 is 9.75 Å². The number of fused-ring (bicyclic) bond motifs is 2. The molecule has 2 atom stereocenters. The van der Waals surface area contributed by atoms with E-state index in [1.54, 1.807) is 14.2 Å². The average molecular weight is 479 g/mol. The van der Waals surface area contributed by atoms with Crippen molar-refractivity contribution in [3.05, 3.63) is 82.3 Å². The van der Waals surface area contributed by atoms with E-state index in [0.717, 1.165) is 33.8 Å². The number of hydrogen-bond donors (Lipinski definition) is 0. The number of halogens is 2. The fourth-order valence-electron chi connectivity index (χ4n) is 4.05. The van der Waals surface area contributed by atoms with Gasteiger partial charge in [-0.3, -0.25) is 0 Å². The normalized spacial score (nSPS) is 25.0. The average Bonchev–Trinajstić information content (AvgIpc) is 3.13. The molecule has 0 N–H and O–H groups in total. The maximum absolute atomic E-state index is 7.11. The molecule has 2 aromatic carbocycles. The van der Waals surface area contributed by atoms with Crippen molar-refractivity contribution in [1.82, 2.24) is 0 Å². The Morgan fingerprint density at radius 3 is 1.44 bits per heavy atom. The van der Waals surface area contributed by atoms with Crippen LogP contribution < -0.4 is 0 Å². The molecule has 2 aliphatic rings. The summed E-state index contributed by atoms with van der Waals surface area (Å²) in [5.41, 5.74) is 4.32. The van der Waals surface area contributed by atoms with Gasteiger partial charge in [0.15, 0.2) is 0 Å². The Bertz CT molecular complexity index is 849. The number of rotatable bonds is 5. The van der Waals surface area contributed by atoms with Crippen LogP contribution in [0.4, 0.5) is 0 Å². The van der Waals surface area contributed by atoms with Crippen molar-refractivity contribution in [2.24, 2.45) is 0 Å². The van der Waals surface area contributed by atoms with Gasteiger partial charge in [-0.15, -0.1) is 23.2 Å². The molecule has 0 fully saturated rings. The second-order valence-electron chi connectivity index (χ2n) is 6.70. The Kier molecular flexibility index (Phi) is 5.97. The summed E-state index contributed by atoms with van der Waals surface area (Å²) >= 11 is 14.2. The number of hydrogen-bond acceptors (Lipinski definition) is 2. The second kappa shape index (κ2) is 7.78. The molecular weight excluding hydrogens is 458 g/mol. The zero-order valence-electron chi connectivity index (χ0n) is 15.3. The van der Waals surface area contributed by atoms with Crippen molar-refractivity contribution in [2.75, 3.05) is 14.2 Å². The van der Waals surface area contributed by atoms with Crippen molar-refractivity contribution in [3.63, 3.8) is 0 Å². The Morgan fingerprint density at radius 1 is 0.704 bits per heavy atom. The zero-order chi connectivity index (χ0) is 18.4. The second-order valence-corrected chi connectivity index (χ2v) is 7.99. The van der Waals surface area contributed by atoms with E-state index in [2.05, 4.69) is 24.3 Å². The van der Waals surface area contributed by atoms with Gasteiger partial charge in [0, 0.05) is 26.2 Å². The molecule has 2 unspecified atom stereocenters. The predicted octanol–water partition coefficient (Wildman–Crippen LogP) is 6.03. The van der Waals surface area contributed by atoms with Crippen molar-refractivity contribution in [3.8, 4) is 0 Å². The van der Waals surface area contributed by atoms with Crippen LogP contribution in [0.3, 0.4) is 0 Å². The molecule has 0 aromatic heterocycles. The molecular formula is C22H20Cl2O2Zr. The van der Waals surface area contributed by atoms with Gasteiger partial charge in [0.25, 0.3) is 0 Å². The maximum atomic E-state index is 7.11. The SMILES string of the molecule is COC1=Cc2ccccc2C1(Cl)CCC1(Cl)C(OC)=Cc2ccccc21.[Zr]. The minimum absolute atomic E-state index is 0. The van der Waals surface area contributed by atoms with Crippen LogP contribution in [0.2, 0.25) is 0 Å². The van der Waals surface area contributed by atoms with Crippen LogP contribution in [0.25, 0.3) is 12.2 Å². The molecule has 5 heteroatoms. The molecule has 2 aliphatic carbocycles. The summed E-state index contributed by atoms with van der Waals surface area (Å²) in [5, 5.41) is 0. The number of allylic oxidation sites excluding steroid dienone is 2. The van der Waals surface area contributed by atoms with Gasteiger partial charge in [-0.05, 0) is 47.2 Å². The summed E-state index contributed by atoms with van der Waals surface area (Å²) in [4.78, 5) is -1.44. The van der Waals surface area contributed by atoms with E-state index in [0.29, 0.717) is 12.8 Å². The van der Waals surface area contributed by atoms with Gasteiger partial charge < -0.3 is 9.47 Å². The third-order valence-corrected chi connectivity index (χ3v) is 6.54. The standard InChI is InChI=1S/C22H20Cl2O2.Zr/c1-25-19-13-15-7-3-5-9-17(15)21(19,23)11-12-22(24)18-10-6-4-8-16(18)14-20(22)26-2;/h3-10,13-14H,11-12H2,1-2H3;. The predicted molar refractivity (Wildman–Crippen MR) is 107 cm³/mol. The third kappa shape index (κ3) is 3.22. The molecule has 2 aromatic rings.